The summed E-state index contributed by atoms with van der Waals surface area (Å²) in [6.45, 7) is -0.991. The zero-order valence-corrected chi connectivity index (χ0v) is 13.3. The van der Waals surface area contributed by atoms with Crippen LogP contribution in [0, 0.1) is 11.8 Å². The van der Waals surface area contributed by atoms with E-state index in [9.17, 15) is 27.9 Å². The summed E-state index contributed by atoms with van der Waals surface area (Å²) in [5, 5.41) is 20.4. The molecule has 0 saturated carbocycles. The zero-order chi connectivity index (χ0) is 19.5. The number of alkyl halides is 3. The number of ether oxygens (including phenoxy) is 1. The zero-order valence-electron chi connectivity index (χ0n) is 13.3. The SMILES string of the molecule is Nc1cc(=O)n([C@H]2CC(O)[C@@H](CO)O2)cc1C#CCNC(=O)C(F)(F)F. The number of hydrogen-bond acceptors (Lipinski definition) is 6. The Labute approximate surface area is 145 Å². The van der Waals surface area contributed by atoms with Crippen LogP contribution in [0.15, 0.2) is 17.1 Å². The van der Waals surface area contributed by atoms with Crippen molar-refractivity contribution < 1.29 is 32.9 Å². The summed E-state index contributed by atoms with van der Waals surface area (Å²) in [6, 6.07) is 1.06. The van der Waals surface area contributed by atoms with E-state index in [4.69, 9.17) is 15.6 Å². The lowest BCUT2D eigenvalue weighted by atomic mass is 10.2. The van der Waals surface area contributed by atoms with E-state index in [1.807, 2.05) is 0 Å². The summed E-state index contributed by atoms with van der Waals surface area (Å²) in [7, 11) is 0. The highest BCUT2D eigenvalue weighted by atomic mass is 19.4. The van der Waals surface area contributed by atoms with Gasteiger partial charge in [-0.15, -0.1) is 0 Å². The minimum atomic E-state index is -5.00. The predicted molar refractivity (Wildman–Crippen MR) is 82.7 cm³/mol. The van der Waals surface area contributed by atoms with E-state index in [2.05, 4.69) is 11.8 Å². The number of rotatable bonds is 3. The van der Waals surface area contributed by atoms with Crippen molar-refractivity contribution in [2.24, 2.45) is 0 Å². The summed E-state index contributed by atoms with van der Waals surface area (Å²) >= 11 is 0. The molecule has 1 amide bonds. The molecule has 11 heteroatoms. The van der Waals surface area contributed by atoms with Crippen LogP contribution in [-0.2, 0) is 9.53 Å². The third-order valence-corrected chi connectivity index (χ3v) is 3.62. The number of carbonyl (C=O) groups is 1. The largest absolute Gasteiger partial charge is 0.471 e. The molecule has 26 heavy (non-hydrogen) atoms. The summed E-state index contributed by atoms with van der Waals surface area (Å²) in [5.41, 5.74) is 5.27. The molecular weight excluding hydrogens is 359 g/mol. The summed E-state index contributed by atoms with van der Waals surface area (Å²) < 4.78 is 42.7. The van der Waals surface area contributed by atoms with Gasteiger partial charge in [0.25, 0.3) is 5.56 Å². The highest BCUT2D eigenvalue weighted by molar-refractivity contribution is 5.81. The molecule has 0 radical (unpaired) electrons. The number of pyridine rings is 1. The van der Waals surface area contributed by atoms with Gasteiger partial charge in [-0.05, 0) is 0 Å². The van der Waals surface area contributed by atoms with Gasteiger partial charge in [0.1, 0.15) is 12.3 Å². The third kappa shape index (κ3) is 4.54. The second-order valence-electron chi connectivity index (χ2n) is 5.48. The van der Waals surface area contributed by atoms with Gasteiger partial charge < -0.3 is 26.0 Å². The van der Waals surface area contributed by atoms with Crippen molar-refractivity contribution in [3.8, 4) is 11.8 Å². The van der Waals surface area contributed by atoms with Crippen LogP contribution in [0.4, 0.5) is 18.9 Å². The summed E-state index contributed by atoms with van der Waals surface area (Å²) in [6.07, 6.45) is -6.34. The normalized spacial score (nSPS) is 22.6. The van der Waals surface area contributed by atoms with Crippen molar-refractivity contribution in [2.45, 2.75) is 31.0 Å². The first kappa shape index (κ1) is 19.8. The van der Waals surface area contributed by atoms with Crippen LogP contribution in [-0.4, -0.2) is 52.2 Å². The van der Waals surface area contributed by atoms with Gasteiger partial charge in [0, 0.05) is 18.7 Å². The average molecular weight is 375 g/mol. The van der Waals surface area contributed by atoms with Crippen LogP contribution in [0.2, 0.25) is 0 Å². The van der Waals surface area contributed by atoms with Crippen molar-refractivity contribution in [3.63, 3.8) is 0 Å². The number of carbonyl (C=O) groups excluding carboxylic acids is 1. The van der Waals surface area contributed by atoms with E-state index in [-0.39, 0.29) is 17.7 Å². The standard InChI is InChI=1S/C15H16F3N3O5/c16-15(17,18)14(25)20-3-1-2-8-6-21(12(24)4-9(8)19)13-5-10(23)11(7-22)26-13/h4,6,10-11,13,22-23H,3,5,7,19H2,(H,20,25)/t10?,11-,13-/m1/s1. The predicted octanol–water partition coefficient (Wildman–Crippen LogP) is -0.899. The highest BCUT2D eigenvalue weighted by Crippen LogP contribution is 2.28. The Morgan fingerprint density at radius 1 is 1.50 bits per heavy atom. The van der Waals surface area contributed by atoms with E-state index in [1.165, 1.54) is 6.20 Å². The Kier molecular flexibility index (Phi) is 5.91. The van der Waals surface area contributed by atoms with Gasteiger partial charge in [0.05, 0.1) is 30.5 Å². The molecule has 2 rings (SSSR count). The molecule has 0 aliphatic carbocycles. The van der Waals surface area contributed by atoms with Crippen molar-refractivity contribution in [1.29, 1.82) is 0 Å². The molecule has 1 aromatic rings. The Morgan fingerprint density at radius 2 is 2.19 bits per heavy atom. The molecule has 1 aliphatic heterocycles. The molecule has 0 spiro atoms. The molecule has 1 aliphatic rings. The van der Waals surface area contributed by atoms with Crippen LogP contribution in [0.1, 0.15) is 18.2 Å². The number of aliphatic hydroxyl groups excluding tert-OH is 2. The van der Waals surface area contributed by atoms with Crippen LogP contribution < -0.4 is 16.6 Å². The molecule has 5 N–H and O–H groups in total. The van der Waals surface area contributed by atoms with E-state index in [0.717, 1.165) is 10.6 Å². The molecule has 0 bridgehead atoms. The van der Waals surface area contributed by atoms with Gasteiger partial charge >= 0.3 is 12.1 Å². The summed E-state index contributed by atoms with van der Waals surface area (Å²) in [4.78, 5) is 22.7. The van der Waals surface area contributed by atoms with Gasteiger partial charge in [-0.25, -0.2) is 0 Å². The Balaban J connectivity index is 2.15. The first-order valence-electron chi connectivity index (χ1n) is 7.43. The van der Waals surface area contributed by atoms with Crippen molar-refractivity contribution in [1.82, 2.24) is 9.88 Å². The smallest absolute Gasteiger partial charge is 0.398 e. The third-order valence-electron chi connectivity index (χ3n) is 3.62. The molecule has 1 aromatic heterocycles. The maximum absolute atomic E-state index is 12.1. The Hall–Kier alpha value is -2.55. The van der Waals surface area contributed by atoms with Gasteiger partial charge in [0.2, 0.25) is 0 Å². The maximum atomic E-state index is 12.1. The summed E-state index contributed by atoms with van der Waals surface area (Å²) in [5.74, 6) is 2.65. The number of nitrogens with zero attached hydrogens (tertiary/aromatic N) is 1. The fraction of sp³-hybridized carbons (Fsp3) is 0.467. The van der Waals surface area contributed by atoms with Crippen LogP contribution in [0.25, 0.3) is 0 Å². The Morgan fingerprint density at radius 3 is 2.77 bits per heavy atom. The second kappa shape index (κ2) is 7.77. The molecule has 2 heterocycles. The van der Waals surface area contributed by atoms with Crippen molar-refractivity contribution in [3.05, 3.63) is 28.2 Å². The van der Waals surface area contributed by atoms with E-state index in [0.29, 0.717) is 0 Å². The topological polar surface area (TPSA) is 127 Å². The Bertz CT molecular complexity index is 796. The van der Waals surface area contributed by atoms with Gasteiger partial charge in [-0.3, -0.25) is 14.2 Å². The van der Waals surface area contributed by atoms with E-state index < -0.39 is 49.2 Å². The van der Waals surface area contributed by atoms with Crippen molar-refractivity contribution >= 4 is 11.6 Å². The fourth-order valence-corrected chi connectivity index (χ4v) is 2.31. The molecule has 8 nitrogen and oxygen atoms in total. The lowest BCUT2D eigenvalue weighted by Gasteiger charge is -2.15. The minimum absolute atomic E-state index is 0.00171. The van der Waals surface area contributed by atoms with Crippen LogP contribution in [0.5, 0.6) is 0 Å². The lowest BCUT2D eigenvalue weighted by Crippen LogP contribution is -2.36. The second-order valence-corrected chi connectivity index (χ2v) is 5.48. The number of nitrogen functional groups attached to an aromatic ring is 1. The molecule has 1 fully saturated rings. The fourth-order valence-electron chi connectivity index (χ4n) is 2.31. The van der Waals surface area contributed by atoms with E-state index in [1.54, 1.807) is 5.32 Å². The molecule has 1 unspecified atom stereocenters. The van der Waals surface area contributed by atoms with Crippen molar-refractivity contribution in [2.75, 3.05) is 18.9 Å². The lowest BCUT2D eigenvalue weighted by molar-refractivity contribution is -0.173. The van der Waals surface area contributed by atoms with Crippen LogP contribution in [0.3, 0.4) is 0 Å². The molecule has 1 saturated heterocycles. The molecule has 142 valence electrons. The number of aromatic nitrogens is 1. The van der Waals surface area contributed by atoms with E-state index >= 15 is 0 Å². The van der Waals surface area contributed by atoms with Gasteiger partial charge in [0.15, 0.2) is 0 Å². The minimum Gasteiger partial charge on any atom is -0.398 e. The number of anilines is 1. The highest BCUT2D eigenvalue weighted by Gasteiger charge is 2.38. The number of hydrogen-bond donors (Lipinski definition) is 4. The monoisotopic (exact) mass is 375 g/mol. The number of nitrogens with one attached hydrogen (secondary N) is 1. The average Bonchev–Trinajstić information content (AvgIpc) is 2.92. The first-order chi connectivity index (χ1) is 12.1. The molecular formula is C15H16F3N3O5. The number of amides is 1. The molecule has 3 atom stereocenters. The van der Waals surface area contributed by atoms with Gasteiger partial charge in [-0.2, -0.15) is 13.2 Å². The number of aliphatic hydroxyl groups is 2. The quantitative estimate of drug-likeness (QED) is 0.507. The number of halogens is 3. The number of nitrogens with two attached hydrogens (primary N) is 1. The first-order valence-corrected chi connectivity index (χ1v) is 7.43. The maximum Gasteiger partial charge on any atom is 0.471 e. The van der Waals surface area contributed by atoms with Gasteiger partial charge in [-0.1, -0.05) is 11.8 Å². The van der Waals surface area contributed by atoms with Crippen LogP contribution >= 0.6 is 0 Å². The molecule has 0 aromatic carbocycles.